The highest BCUT2D eigenvalue weighted by molar-refractivity contribution is 6.28. The van der Waals surface area contributed by atoms with Gasteiger partial charge < -0.3 is 15.4 Å². The molecule has 1 aromatic carbocycles. The van der Waals surface area contributed by atoms with Crippen molar-refractivity contribution in [2.24, 2.45) is 0 Å². The van der Waals surface area contributed by atoms with E-state index < -0.39 is 0 Å². The van der Waals surface area contributed by atoms with E-state index in [1.54, 1.807) is 37.6 Å². The van der Waals surface area contributed by atoms with Gasteiger partial charge in [-0.15, -0.1) is 0 Å². The number of nitrogens with zero attached hydrogens (tertiary/aromatic N) is 2. The van der Waals surface area contributed by atoms with Crippen LogP contribution >= 0.6 is 11.6 Å². The zero-order valence-electron chi connectivity index (χ0n) is 11.0. The minimum atomic E-state index is -0.147. The lowest BCUT2D eigenvalue weighted by Crippen LogP contribution is -2.06. The lowest BCUT2D eigenvalue weighted by atomic mass is 10.2. The summed E-state index contributed by atoms with van der Waals surface area (Å²) in [7, 11) is 1.56. The molecule has 1 aromatic heterocycles. The standard InChI is InChI=1S/C13H13ClN4O2/c1-8(19)16-9-3-4-11(20-2)10(7-9)17-12-5-6-15-13(14)18-12/h3-7H,1-2H3,(H,16,19)(H,15,17,18). The molecule has 0 aliphatic rings. The summed E-state index contributed by atoms with van der Waals surface area (Å²) in [5, 5.41) is 5.91. The van der Waals surface area contributed by atoms with E-state index in [0.717, 1.165) is 0 Å². The lowest BCUT2D eigenvalue weighted by Gasteiger charge is -2.12. The first-order valence-corrected chi connectivity index (χ1v) is 6.17. The van der Waals surface area contributed by atoms with Gasteiger partial charge in [0.05, 0.1) is 12.8 Å². The maximum atomic E-state index is 11.1. The molecule has 0 fully saturated rings. The molecule has 6 nitrogen and oxygen atoms in total. The number of hydrogen-bond acceptors (Lipinski definition) is 5. The maximum absolute atomic E-state index is 11.1. The number of anilines is 3. The summed E-state index contributed by atoms with van der Waals surface area (Å²) >= 11 is 5.73. The second kappa shape index (κ2) is 6.21. The highest BCUT2D eigenvalue weighted by Gasteiger charge is 2.07. The highest BCUT2D eigenvalue weighted by atomic mass is 35.5. The molecular formula is C13H13ClN4O2. The van der Waals surface area contributed by atoms with Crippen LogP contribution in [0.3, 0.4) is 0 Å². The first kappa shape index (κ1) is 14.1. The summed E-state index contributed by atoms with van der Waals surface area (Å²) in [6, 6.07) is 6.92. The number of carbonyl (C=O) groups is 1. The lowest BCUT2D eigenvalue weighted by molar-refractivity contribution is -0.114. The Bertz CT molecular complexity index is 634. The number of methoxy groups -OCH3 is 1. The van der Waals surface area contributed by atoms with Crippen LogP contribution in [0.1, 0.15) is 6.92 Å². The molecule has 0 saturated carbocycles. The normalized spacial score (nSPS) is 9.95. The monoisotopic (exact) mass is 292 g/mol. The van der Waals surface area contributed by atoms with Crippen LogP contribution in [0.5, 0.6) is 5.75 Å². The number of amides is 1. The van der Waals surface area contributed by atoms with Gasteiger partial charge in [-0.25, -0.2) is 9.97 Å². The van der Waals surface area contributed by atoms with Gasteiger partial charge in [-0.05, 0) is 35.9 Å². The quantitative estimate of drug-likeness (QED) is 0.848. The molecule has 0 saturated heterocycles. The second-order valence-electron chi connectivity index (χ2n) is 3.93. The Kier molecular flexibility index (Phi) is 4.37. The molecule has 0 radical (unpaired) electrons. The smallest absolute Gasteiger partial charge is 0.224 e. The van der Waals surface area contributed by atoms with Crippen molar-refractivity contribution in [2.75, 3.05) is 17.7 Å². The Morgan fingerprint density at radius 1 is 1.35 bits per heavy atom. The maximum Gasteiger partial charge on any atom is 0.224 e. The summed E-state index contributed by atoms with van der Waals surface area (Å²) in [6.45, 7) is 1.45. The average Bonchev–Trinajstić information content (AvgIpc) is 2.38. The molecule has 2 rings (SSSR count). The molecule has 0 aliphatic heterocycles. The fourth-order valence-corrected chi connectivity index (χ4v) is 1.78. The van der Waals surface area contributed by atoms with Crippen LogP contribution in [0.15, 0.2) is 30.5 Å². The van der Waals surface area contributed by atoms with Gasteiger partial charge in [0.25, 0.3) is 0 Å². The van der Waals surface area contributed by atoms with Crippen LogP contribution in [-0.2, 0) is 4.79 Å². The first-order chi connectivity index (χ1) is 9.58. The minimum Gasteiger partial charge on any atom is -0.495 e. The number of ether oxygens (including phenoxy) is 1. The molecule has 0 bridgehead atoms. The van der Waals surface area contributed by atoms with Crippen LogP contribution in [0.25, 0.3) is 0 Å². The van der Waals surface area contributed by atoms with Crippen LogP contribution in [0.2, 0.25) is 5.28 Å². The van der Waals surface area contributed by atoms with Gasteiger partial charge >= 0.3 is 0 Å². The van der Waals surface area contributed by atoms with Crippen LogP contribution in [0, 0.1) is 0 Å². The van der Waals surface area contributed by atoms with Crippen LogP contribution in [-0.4, -0.2) is 23.0 Å². The minimum absolute atomic E-state index is 0.145. The Labute approximate surface area is 121 Å². The average molecular weight is 293 g/mol. The van der Waals surface area contributed by atoms with Crippen molar-refractivity contribution >= 4 is 34.7 Å². The number of aromatic nitrogens is 2. The number of halogens is 1. The van der Waals surface area contributed by atoms with Crippen molar-refractivity contribution in [1.82, 2.24) is 9.97 Å². The first-order valence-electron chi connectivity index (χ1n) is 5.79. The number of carbonyl (C=O) groups excluding carboxylic acids is 1. The van der Waals surface area contributed by atoms with E-state index in [2.05, 4.69) is 20.6 Å². The summed E-state index contributed by atoms with van der Waals surface area (Å²) in [5.74, 6) is 1.00. The Hall–Kier alpha value is -2.34. The molecule has 0 atom stereocenters. The SMILES string of the molecule is COc1ccc(NC(C)=O)cc1Nc1ccnc(Cl)n1. The van der Waals surface area contributed by atoms with E-state index in [1.165, 1.54) is 6.92 Å². The highest BCUT2D eigenvalue weighted by Crippen LogP contribution is 2.30. The molecule has 104 valence electrons. The van der Waals surface area contributed by atoms with E-state index in [9.17, 15) is 4.79 Å². The van der Waals surface area contributed by atoms with Crippen LogP contribution < -0.4 is 15.4 Å². The van der Waals surface area contributed by atoms with Crippen molar-refractivity contribution in [1.29, 1.82) is 0 Å². The third-order valence-corrected chi connectivity index (χ3v) is 2.59. The van der Waals surface area contributed by atoms with Crippen molar-refractivity contribution in [3.8, 4) is 5.75 Å². The van der Waals surface area contributed by atoms with Gasteiger partial charge in [-0.2, -0.15) is 0 Å². The number of benzene rings is 1. The Balaban J connectivity index is 2.30. The fraction of sp³-hybridized carbons (Fsp3) is 0.154. The molecule has 2 N–H and O–H groups in total. The fourth-order valence-electron chi connectivity index (χ4n) is 1.63. The summed E-state index contributed by atoms with van der Waals surface area (Å²) in [6.07, 6.45) is 1.54. The second-order valence-corrected chi connectivity index (χ2v) is 4.27. The molecule has 2 aromatic rings. The summed E-state index contributed by atoms with van der Waals surface area (Å²) < 4.78 is 5.26. The van der Waals surface area contributed by atoms with E-state index in [0.29, 0.717) is 22.9 Å². The molecule has 1 amide bonds. The van der Waals surface area contributed by atoms with Gasteiger partial charge in [0, 0.05) is 18.8 Å². The predicted molar refractivity (Wildman–Crippen MR) is 77.6 cm³/mol. The van der Waals surface area contributed by atoms with Gasteiger partial charge in [0.1, 0.15) is 11.6 Å². The van der Waals surface area contributed by atoms with Crippen molar-refractivity contribution in [3.63, 3.8) is 0 Å². The molecule has 0 unspecified atom stereocenters. The Morgan fingerprint density at radius 3 is 2.80 bits per heavy atom. The molecule has 7 heteroatoms. The zero-order valence-corrected chi connectivity index (χ0v) is 11.7. The van der Waals surface area contributed by atoms with Gasteiger partial charge in [-0.3, -0.25) is 4.79 Å². The molecule has 0 aliphatic carbocycles. The zero-order chi connectivity index (χ0) is 14.5. The van der Waals surface area contributed by atoms with E-state index in [4.69, 9.17) is 16.3 Å². The van der Waals surface area contributed by atoms with E-state index in [1.807, 2.05) is 0 Å². The third-order valence-electron chi connectivity index (χ3n) is 2.41. The molecule has 1 heterocycles. The van der Waals surface area contributed by atoms with Gasteiger partial charge in [-0.1, -0.05) is 0 Å². The van der Waals surface area contributed by atoms with Gasteiger partial charge in [0.2, 0.25) is 11.2 Å². The topological polar surface area (TPSA) is 76.1 Å². The largest absolute Gasteiger partial charge is 0.495 e. The number of hydrogen-bond donors (Lipinski definition) is 2. The van der Waals surface area contributed by atoms with E-state index in [-0.39, 0.29) is 11.2 Å². The molecule has 0 spiro atoms. The van der Waals surface area contributed by atoms with Crippen LogP contribution in [0.4, 0.5) is 17.2 Å². The number of rotatable bonds is 4. The predicted octanol–water partition coefficient (Wildman–Crippen LogP) is 2.84. The number of nitrogens with one attached hydrogen (secondary N) is 2. The molecular weight excluding hydrogens is 280 g/mol. The van der Waals surface area contributed by atoms with Crippen molar-refractivity contribution in [2.45, 2.75) is 6.92 Å². The van der Waals surface area contributed by atoms with E-state index >= 15 is 0 Å². The molecule has 20 heavy (non-hydrogen) atoms. The van der Waals surface area contributed by atoms with Crippen molar-refractivity contribution in [3.05, 3.63) is 35.7 Å². The summed E-state index contributed by atoms with van der Waals surface area (Å²) in [5.41, 5.74) is 1.31. The Morgan fingerprint density at radius 2 is 2.15 bits per heavy atom. The summed E-state index contributed by atoms with van der Waals surface area (Å²) in [4.78, 5) is 18.9. The van der Waals surface area contributed by atoms with Crippen molar-refractivity contribution < 1.29 is 9.53 Å². The third kappa shape index (κ3) is 3.58. The van der Waals surface area contributed by atoms with Gasteiger partial charge in [0.15, 0.2) is 0 Å².